The largest absolute Gasteiger partial charge is 0.508 e. The summed E-state index contributed by atoms with van der Waals surface area (Å²) in [5.74, 6) is -0.559. The number of ether oxygens (including phenoxy) is 2. The number of nitrogens with zero attached hydrogens (tertiary/aromatic N) is 4. The predicted octanol–water partition coefficient (Wildman–Crippen LogP) is 7.55. The van der Waals surface area contributed by atoms with Crippen LogP contribution in [0.2, 0.25) is 0 Å². The minimum atomic E-state index is -1.13. The maximum atomic E-state index is 12.3. The van der Waals surface area contributed by atoms with Crippen molar-refractivity contribution in [2.75, 3.05) is 25.2 Å². The van der Waals surface area contributed by atoms with E-state index in [-0.39, 0.29) is 47.9 Å². The van der Waals surface area contributed by atoms with Gasteiger partial charge in [0, 0.05) is 59.9 Å². The van der Waals surface area contributed by atoms with E-state index in [1.165, 1.54) is 41.5 Å². The van der Waals surface area contributed by atoms with Crippen LogP contribution in [0.25, 0.3) is 33.2 Å². The molecule has 0 spiro atoms. The molecule has 0 radical (unpaired) electrons. The zero-order valence-electron chi connectivity index (χ0n) is 36.1. The molecule has 4 heterocycles. The Morgan fingerprint density at radius 1 is 1.11 bits per heavy atom. The first-order valence-corrected chi connectivity index (χ1v) is 21.2. The summed E-state index contributed by atoms with van der Waals surface area (Å²) in [5.41, 5.74) is 12.2. The highest BCUT2D eigenvalue weighted by Crippen LogP contribution is 2.40. The van der Waals surface area contributed by atoms with Crippen LogP contribution in [0.4, 0.5) is 10.5 Å². The van der Waals surface area contributed by atoms with E-state index < -0.39 is 11.6 Å². The lowest BCUT2D eigenvalue weighted by atomic mass is 9.92. The number of phenolic OH excluding ortho intramolecular Hbond substituents is 2. The number of amides is 3. The highest BCUT2D eigenvalue weighted by molar-refractivity contribution is 6.97. The molecule has 6 aromatic rings. The molecule has 0 saturated heterocycles. The summed E-state index contributed by atoms with van der Waals surface area (Å²) in [6, 6.07) is 18.9. The molecular formula is C46H53N7O9S. The predicted molar refractivity (Wildman–Crippen MR) is 242 cm³/mol. The minimum Gasteiger partial charge on any atom is -0.508 e. The van der Waals surface area contributed by atoms with Crippen LogP contribution in [-0.2, 0) is 50.8 Å². The molecule has 0 saturated carbocycles. The topological polar surface area (TPSA) is 231 Å². The number of aliphatic hydroxyl groups is 1. The summed E-state index contributed by atoms with van der Waals surface area (Å²) in [6.45, 7) is 11.5. The molecule has 1 aliphatic rings. The first-order valence-electron chi connectivity index (χ1n) is 20.5. The Balaban J connectivity index is 0.000000212. The third kappa shape index (κ3) is 9.70. The van der Waals surface area contributed by atoms with E-state index in [2.05, 4.69) is 18.3 Å². The van der Waals surface area contributed by atoms with Gasteiger partial charge < -0.3 is 44.3 Å². The third-order valence-corrected chi connectivity index (χ3v) is 11.8. The third-order valence-electron chi connectivity index (χ3n) is 11.1. The van der Waals surface area contributed by atoms with Gasteiger partial charge >= 0.3 is 6.03 Å². The van der Waals surface area contributed by atoms with E-state index in [0.717, 1.165) is 45.2 Å². The lowest BCUT2D eigenvalue weighted by Gasteiger charge is -2.23. The zero-order valence-corrected chi connectivity index (χ0v) is 36.9. The van der Waals surface area contributed by atoms with Crippen LogP contribution < -0.4 is 16.0 Å². The summed E-state index contributed by atoms with van der Waals surface area (Å²) in [5, 5.41) is 44.8. The molecule has 0 fully saturated rings. The Kier molecular flexibility index (Phi) is 14.2. The van der Waals surface area contributed by atoms with Crippen LogP contribution in [0.1, 0.15) is 80.5 Å². The van der Waals surface area contributed by atoms with Gasteiger partial charge in [0.1, 0.15) is 35.8 Å². The van der Waals surface area contributed by atoms with E-state index in [0.29, 0.717) is 55.1 Å². The van der Waals surface area contributed by atoms with Crippen molar-refractivity contribution in [3.05, 3.63) is 107 Å². The zero-order chi connectivity index (χ0) is 45.6. The number of para-hydroxylation sites is 1. The fourth-order valence-corrected chi connectivity index (χ4v) is 8.34. The smallest absolute Gasteiger partial charge is 0.325 e. The van der Waals surface area contributed by atoms with Crippen LogP contribution in [0.3, 0.4) is 0 Å². The van der Waals surface area contributed by atoms with Gasteiger partial charge in [0.25, 0.3) is 6.47 Å². The van der Waals surface area contributed by atoms with Crippen molar-refractivity contribution in [1.29, 1.82) is 5.41 Å². The first-order chi connectivity index (χ1) is 30.1. The number of benzene rings is 3. The van der Waals surface area contributed by atoms with Crippen LogP contribution in [-0.4, -0.2) is 73.3 Å². The Labute approximate surface area is 368 Å². The Morgan fingerprint density at radius 2 is 1.87 bits per heavy atom. The average molecular weight is 880 g/mol. The fourth-order valence-electron chi connectivity index (χ4n) is 7.62. The van der Waals surface area contributed by atoms with Crippen molar-refractivity contribution in [3.63, 3.8) is 0 Å². The molecule has 1 unspecified atom stereocenters. The second-order valence-corrected chi connectivity index (χ2v) is 16.3. The lowest BCUT2D eigenvalue weighted by Crippen LogP contribution is -2.41. The normalized spacial score (nSPS) is 12.5. The minimum absolute atomic E-state index is 0.0000563. The number of pyridine rings is 1. The van der Waals surface area contributed by atoms with Crippen molar-refractivity contribution in [2.24, 2.45) is 5.73 Å². The van der Waals surface area contributed by atoms with Crippen molar-refractivity contribution in [2.45, 2.75) is 78.7 Å². The molecule has 7 rings (SSSR count). The average Bonchev–Trinajstić information content (AvgIpc) is 3.75. The summed E-state index contributed by atoms with van der Waals surface area (Å²) in [4.78, 5) is 40.5. The number of nitrogens with two attached hydrogens (primary N) is 1. The molecule has 3 aromatic carbocycles. The standard InChI is InChI=1S/C24H29N5O5.C22H24N2O4S/c1-14(2)17-11-18(21(31)12-20(17)30)23(25)29(24(26)33)16-4-5-19-15(10-16)6-8-28(19)9-7-27-22(32)13-34-3;1-4-14-15-8-6-7-9-18(15)23-21-16(14)11-24-19(21)10-17(22(3,26)5-2)20(28-29-24)12-27-13-25/h4-6,8,10-12,14,25,30-31H,7,9,13H2,1-3H3,(H2,26,33)(H,27,32);6-10,13,26H,4-5,11-12H2,1-3H3. The van der Waals surface area contributed by atoms with Gasteiger partial charge in [-0.2, -0.15) is 0 Å². The molecule has 1 aliphatic heterocycles. The molecule has 3 aromatic heterocycles. The first kappa shape index (κ1) is 45.8. The van der Waals surface area contributed by atoms with E-state index >= 15 is 0 Å². The highest BCUT2D eigenvalue weighted by atomic mass is 32.1. The number of carbonyl (C=O) groups is 3. The number of amidine groups is 1. The summed E-state index contributed by atoms with van der Waals surface area (Å²) >= 11 is 1.19. The molecular weight excluding hydrogens is 827 g/mol. The van der Waals surface area contributed by atoms with E-state index in [9.17, 15) is 29.7 Å². The number of primary amides is 1. The molecule has 17 heteroatoms. The van der Waals surface area contributed by atoms with Gasteiger partial charge in [-0.1, -0.05) is 45.9 Å². The number of fused-ring (bicyclic) bond motifs is 5. The molecule has 63 heavy (non-hydrogen) atoms. The van der Waals surface area contributed by atoms with Gasteiger partial charge in [-0.05, 0) is 79.3 Å². The molecule has 0 aliphatic carbocycles. The number of urea groups is 1. The van der Waals surface area contributed by atoms with Crippen LogP contribution >= 0.6 is 11.8 Å². The quantitative estimate of drug-likeness (QED) is 0.0357. The van der Waals surface area contributed by atoms with Gasteiger partial charge in [0.2, 0.25) is 5.91 Å². The van der Waals surface area contributed by atoms with Gasteiger partial charge in [0.05, 0.1) is 40.3 Å². The van der Waals surface area contributed by atoms with E-state index in [1.54, 1.807) is 25.1 Å². The van der Waals surface area contributed by atoms with Crippen LogP contribution in [0, 0.1) is 5.41 Å². The summed E-state index contributed by atoms with van der Waals surface area (Å²) in [6.07, 6.45) is 3.26. The maximum absolute atomic E-state index is 12.3. The fraction of sp³-hybridized carbons (Fsp3) is 0.326. The van der Waals surface area contributed by atoms with E-state index in [1.807, 2.05) is 65.8 Å². The van der Waals surface area contributed by atoms with E-state index in [4.69, 9.17) is 29.4 Å². The monoisotopic (exact) mass is 879 g/mol. The Bertz CT molecular complexity index is 2730. The second kappa shape index (κ2) is 19.6. The number of methoxy groups -OCH3 is 1. The number of hydrogen-bond acceptors (Lipinski definition) is 12. The number of rotatable bonds is 14. The maximum Gasteiger partial charge on any atom is 0.325 e. The van der Waals surface area contributed by atoms with Crippen molar-refractivity contribution < 1.29 is 43.0 Å². The molecule has 1 atom stereocenters. The number of aryl methyl sites for hydroxylation is 1. The molecule has 0 bridgehead atoms. The SMILES string of the molecule is CCc1c2c(nc3ccccc13)-c1cc(C(C)(O)CC)c(COC=O)osn1C2.COCC(=O)NCCn1ccc2cc(N(C(=N)c3cc(C(C)C)c(O)cc3O)C(N)=O)ccc21. The van der Waals surface area contributed by atoms with Gasteiger partial charge in [-0.15, -0.1) is 0 Å². The highest BCUT2D eigenvalue weighted by Gasteiger charge is 2.31. The molecule has 7 N–H and O–H groups in total. The number of phenols is 2. The van der Waals surface area contributed by atoms with Gasteiger partial charge in [-0.3, -0.25) is 19.0 Å². The molecule has 332 valence electrons. The van der Waals surface area contributed by atoms with Crippen molar-refractivity contribution >= 4 is 63.6 Å². The van der Waals surface area contributed by atoms with Crippen molar-refractivity contribution in [3.8, 4) is 22.9 Å². The summed E-state index contributed by atoms with van der Waals surface area (Å²) in [7, 11) is 1.46. The Hall–Kier alpha value is -6.69. The number of hydrogen-bond donors (Lipinski definition) is 6. The molecule has 3 amide bonds. The second-order valence-electron chi connectivity index (χ2n) is 15.5. The Morgan fingerprint density at radius 3 is 2.56 bits per heavy atom. The van der Waals surface area contributed by atoms with Gasteiger partial charge in [-0.25, -0.2) is 14.7 Å². The number of aromatic hydroxyl groups is 2. The number of carbonyl (C=O) groups excluding carboxylic acids is 3. The van der Waals surface area contributed by atoms with Gasteiger partial charge in [0.15, 0.2) is 12.4 Å². The van der Waals surface area contributed by atoms with Crippen molar-refractivity contribution in [1.82, 2.24) is 18.8 Å². The number of anilines is 1. The molecule has 16 nitrogen and oxygen atoms in total. The number of aromatic nitrogens is 3. The summed E-state index contributed by atoms with van der Waals surface area (Å²) < 4.78 is 19.6. The van der Waals surface area contributed by atoms with Crippen LogP contribution in [0.15, 0.2) is 76.8 Å². The van der Waals surface area contributed by atoms with Crippen LogP contribution in [0.5, 0.6) is 11.5 Å². The number of nitrogens with one attached hydrogen (secondary N) is 2. The lowest BCUT2D eigenvalue weighted by molar-refractivity contribution is -0.130.